The van der Waals surface area contributed by atoms with Gasteiger partial charge in [0.2, 0.25) is 0 Å². The Morgan fingerprint density at radius 1 is 1.14 bits per heavy atom. The first kappa shape index (κ1) is 15.6. The summed E-state index contributed by atoms with van der Waals surface area (Å²) in [5, 5.41) is 0. The molecule has 1 heteroatoms. The van der Waals surface area contributed by atoms with Gasteiger partial charge in [-0.25, -0.2) is 0 Å². The van der Waals surface area contributed by atoms with E-state index in [1.54, 1.807) is 0 Å². The fourth-order valence-corrected chi connectivity index (χ4v) is 0.289. The monoisotopic (exact) mass is 137 g/mol. The number of unbranched alkanes of at least 4 members (excludes halogenated alkanes) is 2. The van der Waals surface area contributed by atoms with Crippen molar-refractivity contribution in [1.82, 2.24) is 0 Å². The Morgan fingerprint density at radius 3 is 1.43 bits per heavy atom. The molecule has 7 heavy (non-hydrogen) atoms. The molecular weight excluding hydrogens is 123 g/mol. The summed E-state index contributed by atoms with van der Waals surface area (Å²) in [6.07, 6.45) is 4.69. The molecule has 0 aromatic carbocycles. The number of hydrogen-bond donors (Lipinski definition) is 0. The molecule has 0 N–H and O–H groups in total. The van der Waals surface area contributed by atoms with Crippen LogP contribution in [0.5, 0.6) is 0 Å². The van der Waals surface area contributed by atoms with E-state index in [1.807, 2.05) is 0 Å². The third-order valence-electron chi connectivity index (χ3n) is 0.577. The summed E-state index contributed by atoms with van der Waals surface area (Å²) in [7, 11) is 0. The van der Waals surface area contributed by atoms with E-state index in [-0.39, 0.29) is 26.0 Å². The second-order valence-corrected chi connectivity index (χ2v) is 1.11. The zero-order valence-electron chi connectivity index (χ0n) is 5.44. The van der Waals surface area contributed by atoms with Crippen LogP contribution in [0.15, 0.2) is 0 Å². The molecule has 0 spiro atoms. The van der Waals surface area contributed by atoms with E-state index < -0.39 is 0 Å². The summed E-state index contributed by atoms with van der Waals surface area (Å²) in [6.45, 7) is 4.31. The minimum Gasteiger partial charge on any atom is -0.358 e. The first-order valence-corrected chi connectivity index (χ1v) is 2.23. The third-order valence-corrected chi connectivity index (χ3v) is 0.577. The normalized spacial score (nSPS) is 6.00. The van der Waals surface area contributed by atoms with Crippen LogP contribution in [0, 0.1) is 13.8 Å². The molecule has 0 aromatic heterocycles. The molecule has 1 radical (unpaired) electrons. The molecule has 0 bridgehead atoms. The van der Waals surface area contributed by atoms with Gasteiger partial charge in [-0.05, 0) is 0 Å². The Morgan fingerprint density at radius 2 is 1.43 bits per heavy atom. The molecule has 0 heterocycles. The maximum absolute atomic E-state index is 2.25. The molecular formula is C6H14V. The van der Waals surface area contributed by atoms with Crippen molar-refractivity contribution in [3.8, 4) is 0 Å². The Kier molecular flexibility index (Phi) is 35.7. The Bertz CT molecular complexity index is 11.7. The molecule has 0 saturated heterocycles. The average Bonchev–Trinajstić information content (AvgIpc) is 1.41. The fourth-order valence-electron chi connectivity index (χ4n) is 0.289. The molecule has 0 rings (SSSR count). The molecule has 0 aliphatic carbocycles. The first-order chi connectivity index (χ1) is 2.41. The van der Waals surface area contributed by atoms with Gasteiger partial charge in [-0.2, -0.15) is 12.8 Å². The van der Waals surface area contributed by atoms with E-state index in [9.17, 15) is 0 Å². The molecule has 0 atom stereocenters. The van der Waals surface area contributed by atoms with Crippen LogP contribution >= 0.6 is 0 Å². The predicted octanol–water partition coefficient (Wildman–Crippen LogP) is 2.46. The standard InChI is InChI=1S/C5H11.CH3.V/c1-3-5-4-2;;/h5H,3-4H2,1-2H3;1H3;/q2*-1;+2. The van der Waals surface area contributed by atoms with Crippen LogP contribution in [0.4, 0.5) is 0 Å². The van der Waals surface area contributed by atoms with Gasteiger partial charge in [0.25, 0.3) is 0 Å². The molecule has 43 valence electrons. The zero-order chi connectivity index (χ0) is 4.12. The van der Waals surface area contributed by atoms with E-state index in [4.69, 9.17) is 0 Å². The van der Waals surface area contributed by atoms with Gasteiger partial charge in [-0.1, -0.05) is 13.8 Å². The van der Waals surface area contributed by atoms with Gasteiger partial charge in [0, 0.05) is 0 Å². The van der Waals surface area contributed by atoms with Crippen LogP contribution in [-0.4, -0.2) is 0 Å². The number of rotatable bonds is 2. The van der Waals surface area contributed by atoms with Gasteiger partial charge in [0.1, 0.15) is 0 Å². The van der Waals surface area contributed by atoms with E-state index in [1.165, 1.54) is 12.8 Å². The Labute approximate surface area is 59.6 Å². The maximum atomic E-state index is 2.25. The molecule has 0 amide bonds. The fraction of sp³-hybridized carbons (Fsp3) is 0.667. The van der Waals surface area contributed by atoms with Crippen LogP contribution in [0.1, 0.15) is 26.7 Å². The first-order valence-electron chi connectivity index (χ1n) is 2.23. The minimum absolute atomic E-state index is 0. The zero-order valence-corrected chi connectivity index (χ0v) is 6.84. The predicted molar refractivity (Wildman–Crippen MR) is 31.3 cm³/mol. The maximum Gasteiger partial charge on any atom is 2.00 e. The van der Waals surface area contributed by atoms with Crippen molar-refractivity contribution in [3.05, 3.63) is 13.8 Å². The van der Waals surface area contributed by atoms with Crippen molar-refractivity contribution in [3.63, 3.8) is 0 Å². The van der Waals surface area contributed by atoms with Crippen molar-refractivity contribution in [1.29, 1.82) is 0 Å². The van der Waals surface area contributed by atoms with E-state index in [2.05, 4.69) is 20.3 Å². The Hall–Kier alpha value is 0.584. The van der Waals surface area contributed by atoms with Gasteiger partial charge in [0.15, 0.2) is 0 Å². The largest absolute Gasteiger partial charge is 2.00 e. The molecule has 0 nitrogen and oxygen atoms in total. The van der Waals surface area contributed by atoms with Crippen LogP contribution < -0.4 is 0 Å². The summed E-state index contributed by atoms with van der Waals surface area (Å²) < 4.78 is 0. The van der Waals surface area contributed by atoms with Gasteiger partial charge in [-0.3, -0.25) is 0 Å². The van der Waals surface area contributed by atoms with Crippen molar-refractivity contribution in [2.45, 2.75) is 26.7 Å². The molecule has 0 aliphatic rings. The van der Waals surface area contributed by atoms with Crippen molar-refractivity contribution >= 4 is 0 Å². The molecule has 0 unspecified atom stereocenters. The van der Waals surface area contributed by atoms with Gasteiger partial charge < -0.3 is 13.8 Å². The summed E-state index contributed by atoms with van der Waals surface area (Å²) in [6, 6.07) is 0. The van der Waals surface area contributed by atoms with Crippen LogP contribution in [-0.2, 0) is 18.6 Å². The van der Waals surface area contributed by atoms with Crippen LogP contribution in [0.2, 0.25) is 0 Å². The van der Waals surface area contributed by atoms with Gasteiger partial charge in [0.05, 0.1) is 0 Å². The number of hydrogen-bond acceptors (Lipinski definition) is 0. The summed E-state index contributed by atoms with van der Waals surface area (Å²) in [5.41, 5.74) is 0. The van der Waals surface area contributed by atoms with Crippen LogP contribution in [0.25, 0.3) is 0 Å². The summed E-state index contributed by atoms with van der Waals surface area (Å²) >= 11 is 0. The van der Waals surface area contributed by atoms with Crippen molar-refractivity contribution in [2.75, 3.05) is 0 Å². The topological polar surface area (TPSA) is 0 Å². The van der Waals surface area contributed by atoms with Crippen LogP contribution in [0.3, 0.4) is 0 Å². The minimum atomic E-state index is 0. The molecule has 0 aromatic rings. The second kappa shape index (κ2) is 16.0. The van der Waals surface area contributed by atoms with Gasteiger partial charge in [-0.15, -0.1) is 0 Å². The third kappa shape index (κ3) is 20.7. The second-order valence-electron chi connectivity index (χ2n) is 1.11. The van der Waals surface area contributed by atoms with E-state index in [0.717, 1.165) is 0 Å². The molecule has 0 fully saturated rings. The summed E-state index contributed by atoms with van der Waals surface area (Å²) in [5.74, 6) is 0. The molecule has 0 aliphatic heterocycles. The quantitative estimate of drug-likeness (QED) is 0.513. The SMILES string of the molecule is CC[CH-]CC.[CH3-].[V+2]. The Balaban J connectivity index is -0.0000000800. The van der Waals surface area contributed by atoms with Crippen molar-refractivity contribution < 1.29 is 18.6 Å². The van der Waals surface area contributed by atoms with E-state index in [0.29, 0.717) is 0 Å². The summed E-state index contributed by atoms with van der Waals surface area (Å²) in [4.78, 5) is 0. The smallest absolute Gasteiger partial charge is 0.358 e. The average molecular weight is 137 g/mol. The van der Waals surface area contributed by atoms with Gasteiger partial charge >= 0.3 is 18.6 Å². The van der Waals surface area contributed by atoms with Crippen molar-refractivity contribution in [2.24, 2.45) is 0 Å². The van der Waals surface area contributed by atoms with E-state index >= 15 is 0 Å². The molecule has 0 saturated carbocycles.